The zero-order valence-electron chi connectivity index (χ0n) is 15.2. The van der Waals surface area contributed by atoms with E-state index in [1.54, 1.807) is 6.07 Å². The molecule has 0 aliphatic rings. The van der Waals surface area contributed by atoms with Crippen LogP contribution in [0, 0.1) is 0 Å². The first kappa shape index (κ1) is 19.6. The summed E-state index contributed by atoms with van der Waals surface area (Å²) in [6.45, 7) is 3.71. The van der Waals surface area contributed by atoms with Gasteiger partial charge in [-0.2, -0.15) is 0 Å². The highest BCUT2D eigenvalue weighted by molar-refractivity contribution is 5.97. The molecule has 0 aliphatic carbocycles. The molecule has 1 amide bonds. The van der Waals surface area contributed by atoms with Crippen molar-refractivity contribution in [3.63, 3.8) is 0 Å². The van der Waals surface area contributed by atoms with Gasteiger partial charge in [-0.3, -0.25) is 4.79 Å². The number of fused-ring (bicyclic) bond motifs is 1. The van der Waals surface area contributed by atoms with Gasteiger partial charge in [0.2, 0.25) is 0 Å². The fraction of sp³-hybridized carbons (Fsp3) is 0.381. The Labute approximate surface area is 154 Å². The number of methoxy groups -OCH3 is 1. The van der Waals surface area contributed by atoms with E-state index in [0.717, 1.165) is 43.0 Å². The predicted molar refractivity (Wildman–Crippen MR) is 103 cm³/mol. The molecule has 1 N–H and O–H groups in total. The van der Waals surface area contributed by atoms with Crippen molar-refractivity contribution in [2.24, 2.45) is 0 Å². The van der Waals surface area contributed by atoms with E-state index in [-0.39, 0.29) is 5.91 Å². The number of esters is 1. The number of carbonyl (C=O) groups excluding carboxylic acids is 2. The summed E-state index contributed by atoms with van der Waals surface area (Å²) >= 11 is 0. The summed E-state index contributed by atoms with van der Waals surface area (Å²) in [7, 11) is 1.33. The van der Waals surface area contributed by atoms with Crippen molar-refractivity contribution in [3.8, 4) is 0 Å². The van der Waals surface area contributed by atoms with Gasteiger partial charge in [0.15, 0.2) is 0 Å². The lowest BCUT2D eigenvalue weighted by atomic mass is 10.1. The summed E-state index contributed by atoms with van der Waals surface area (Å²) in [6, 6.07) is 10.5. The molecule has 0 saturated carbocycles. The molecule has 1 aromatic heterocycles. The number of unbranched alkanes of at least 4 members (excludes halogenated alkanes) is 4. The van der Waals surface area contributed by atoms with Crippen molar-refractivity contribution in [3.05, 3.63) is 54.7 Å². The topological polar surface area (TPSA) is 68.3 Å². The average molecular weight is 354 g/mol. The van der Waals surface area contributed by atoms with Gasteiger partial charge in [-0.05, 0) is 31.4 Å². The minimum Gasteiger partial charge on any atom is -0.467 e. The zero-order valence-corrected chi connectivity index (χ0v) is 15.2. The fourth-order valence-electron chi connectivity index (χ4n) is 2.81. The van der Waals surface area contributed by atoms with Gasteiger partial charge in [-0.25, -0.2) is 9.78 Å². The van der Waals surface area contributed by atoms with Crippen molar-refractivity contribution in [1.82, 2.24) is 10.3 Å². The van der Waals surface area contributed by atoms with Crippen molar-refractivity contribution in [2.45, 2.75) is 44.6 Å². The number of amides is 1. The summed E-state index contributed by atoms with van der Waals surface area (Å²) in [5.74, 6) is -0.789. The standard InChI is InChI=1S/C21H26N2O3/c1-3-4-5-6-7-8-13-19(21(25)26-2)23-20(24)18-15-14-16-11-9-10-12-17(16)22-18/h3,9-12,14-15,19H,1,4-8,13H2,2H3,(H,23,24)/t19-/m0/s1. The number of ether oxygens (including phenoxy) is 1. The Bertz CT molecular complexity index is 758. The molecule has 0 spiro atoms. The first-order valence-electron chi connectivity index (χ1n) is 9.01. The molecule has 0 radical (unpaired) electrons. The number of hydrogen-bond acceptors (Lipinski definition) is 4. The van der Waals surface area contributed by atoms with Crippen LogP contribution in [-0.4, -0.2) is 30.0 Å². The largest absolute Gasteiger partial charge is 0.467 e. The lowest BCUT2D eigenvalue weighted by molar-refractivity contribution is -0.143. The molecular weight excluding hydrogens is 328 g/mol. The summed E-state index contributed by atoms with van der Waals surface area (Å²) in [4.78, 5) is 28.9. The second-order valence-corrected chi connectivity index (χ2v) is 6.22. The first-order valence-corrected chi connectivity index (χ1v) is 9.01. The zero-order chi connectivity index (χ0) is 18.8. The number of carbonyl (C=O) groups is 2. The first-order chi connectivity index (χ1) is 12.7. The van der Waals surface area contributed by atoms with Crippen molar-refractivity contribution < 1.29 is 14.3 Å². The number of hydrogen-bond donors (Lipinski definition) is 1. The molecule has 2 rings (SSSR count). The van der Waals surface area contributed by atoms with Crippen LogP contribution in [0.1, 0.15) is 49.0 Å². The number of nitrogens with zero attached hydrogens (tertiary/aromatic N) is 1. The lowest BCUT2D eigenvalue weighted by Gasteiger charge is -2.16. The molecule has 1 heterocycles. The number of allylic oxidation sites excluding steroid dienone is 1. The third kappa shape index (κ3) is 5.69. The lowest BCUT2D eigenvalue weighted by Crippen LogP contribution is -2.41. The third-order valence-electron chi connectivity index (χ3n) is 4.27. The molecule has 0 saturated heterocycles. The highest BCUT2D eigenvalue weighted by Crippen LogP contribution is 2.13. The van der Waals surface area contributed by atoms with E-state index >= 15 is 0 Å². The average Bonchev–Trinajstić information content (AvgIpc) is 2.68. The van der Waals surface area contributed by atoms with Crippen LogP contribution in [0.2, 0.25) is 0 Å². The van der Waals surface area contributed by atoms with E-state index in [1.807, 2.05) is 36.4 Å². The fourth-order valence-corrected chi connectivity index (χ4v) is 2.81. The van der Waals surface area contributed by atoms with E-state index in [1.165, 1.54) is 7.11 Å². The molecule has 0 fully saturated rings. The molecule has 2 aromatic rings. The predicted octanol–water partition coefficient (Wildman–Crippen LogP) is 4.03. The van der Waals surface area contributed by atoms with Crippen LogP contribution in [0.3, 0.4) is 0 Å². The summed E-state index contributed by atoms with van der Waals surface area (Å²) in [6.07, 6.45) is 7.51. The number of pyridine rings is 1. The molecule has 5 nitrogen and oxygen atoms in total. The SMILES string of the molecule is C=CCCCCCC[C@H](NC(=O)c1ccc2ccccc2n1)C(=O)OC. The van der Waals surface area contributed by atoms with Crippen LogP contribution >= 0.6 is 0 Å². The van der Waals surface area contributed by atoms with Crippen LogP contribution in [0.15, 0.2) is 49.1 Å². The van der Waals surface area contributed by atoms with Crippen LogP contribution in [0.25, 0.3) is 10.9 Å². The number of aromatic nitrogens is 1. The minimum atomic E-state index is -0.653. The maximum absolute atomic E-state index is 12.5. The quantitative estimate of drug-likeness (QED) is 0.397. The molecular formula is C21H26N2O3. The van der Waals surface area contributed by atoms with E-state index in [2.05, 4.69) is 16.9 Å². The molecule has 26 heavy (non-hydrogen) atoms. The van der Waals surface area contributed by atoms with Crippen molar-refractivity contribution >= 4 is 22.8 Å². The smallest absolute Gasteiger partial charge is 0.328 e. The maximum Gasteiger partial charge on any atom is 0.328 e. The van der Waals surface area contributed by atoms with Crippen LogP contribution in [0.4, 0.5) is 0 Å². The molecule has 138 valence electrons. The van der Waals surface area contributed by atoms with Crippen molar-refractivity contribution in [1.29, 1.82) is 0 Å². The second kappa shape index (κ2) is 10.3. The number of rotatable bonds is 10. The van der Waals surface area contributed by atoms with Gasteiger partial charge in [0.25, 0.3) is 5.91 Å². The molecule has 5 heteroatoms. The highest BCUT2D eigenvalue weighted by atomic mass is 16.5. The van der Waals surface area contributed by atoms with Crippen LogP contribution < -0.4 is 5.32 Å². The monoisotopic (exact) mass is 354 g/mol. The van der Waals surface area contributed by atoms with Gasteiger partial charge < -0.3 is 10.1 Å². The highest BCUT2D eigenvalue weighted by Gasteiger charge is 2.22. The Hall–Kier alpha value is -2.69. The number of nitrogens with one attached hydrogen (secondary N) is 1. The van der Waals surface area contributed by atoms with Gasteiger partial charge in [-0.15, -0.1) is 6.58 Å². The van der Waals surface area contributed by atoms with Crippen LogP contribution in [-0.2, 0) is 9.53 Å². The normalized spacial score (nSPS) is 11.7. The van der Waals surface area contributed by atoms with Gasteiger partial charge in [-0.1, -0.05) is 49.6 Å². The molecule has 1 aromatic carbocycles. The van der Waals surface area contributed by atoms with Gasteiger partial charge in [0.05, 0.1) is 12.6 Å². The van der Waals surface area contributed by atoms with E-state index in [9.17, 15) is 9.59 Å². The number of benzene rings is 1. The van der Waals surface area contributed by atoms with E-state index < -0.39 is 12.0 Å². The maximum atomic E-state index is 12.5. The molecule has 1 atom stereocenters. The Morgan fingerprint density at radius 2 is 1.92 bits per heavy atom. The van der Waals surface area contributed by atoms with Gasteiger partial charge in [0.1, 0.15) is 11.7 Å². The van der Waals surface area contributed by atoms with Gasteiger partial charge >= 0.3 is 5.97 Å². The Morgan fingerprint density at radius 3 is 2.69 bits per heavy atom. The van der Waals surface area contributed by atoms with Gasteiger partial charge in [0, 0.05) is 5.39 Å². The summed E-state index contributed by atoms with van der Waals surface area (Å²) < 4.78 is 4.83. The summed E-state index contributed by atoms with van der Waals surface area (Å²) in [5.41, 5.74) is 1.04. The minimum absolute atomic E-state index is 0.295. The second-order valence-electron chi connectivity index (χ2n) is 6.22. The van der Waals surface area contributed by atoms with E-state index in [4.69, 9.17) is 4.74 Å². The van der Waals surface area contributed by atoms with Crippen LogP contribution in [0.5, 0.6) is 0 Å². The Balaban J connectivity index is 1.96. The van der Waals surface area contributed by atoms with E-state index in [0.29, 0.717) is 12.1 Å². The third-order valence-corrected chi connectivity index (χ3v) is 4.27. The molecule has 0 bridgehead atoms. The Morgan fingerprint density at radius 1 is 1.15 bits per heavy atom. The number of para-hydroxylation sites is 1. The summed E-state index contributed by atoms with van der Waals surface area (Å²) in [5, 5.41) is 3.72. The molecule has 0 aliphatic heterocycles. The molecule has 0 unspecified atom stereocenters. The Kier molecular flexibility index (Phi) is 7.80. The van der Waals surface area contributed by atoms with Crippen molar-refractivity contribution in [2.75, 3.05) is 7.11 Å².